The Balaban J connectivity index is 1.83. The van der Waals surface area contributed by atoms with Gasteiger partial charge in [0.15, 0.2) is 11.6 Å². The largest absolute Gasteiger partial charge is 0.294 e. The minimum atomic E-state index is 0.0354. The standard InChI is InChI=1S/C19H16ClNO2/c1-2-16-19(23)11-14-4-3-12(9-17(14)21-16)10-18(22)13-5-7-15(20)8-6-13/h3-9H,2,10-11H2,1H3. The first-order valence-electron chi connectivity index (χ1n) is 7.58. The maximum Gasteiger partial charge on any atom is 0.181 e. The Bertz CT molecular complexity index is 807. The molecule has 0 radical (unpaired) electrons. The fourth-order valence-corrected chi connectivity index (χ4v) is 2.78. The lowest BCUT2D eigenvalue weighted by atomic mass is 9.95. The minimum Gasteiger partial charge on any atom is -0.294 e. The molecule has 3 rings (SSSR count). The highest BCUT2D eigenvalue weighted by Gasteiger charge is 2.19. The fraction of sp³-hybridized carbons (Fsp3) is 0.211. The third-order valence-electron chi connectivity index (χ3n) is 3.94. The highest BCUT2D eigenvalue weighted by atomic mass is 35.5. The molecule has 1 aliphatic rings. The third kappa shape index (κ3) is 3.40. The summed E-state index contributed by atoms with van der Waals surface area (Å²) in [7, 11) is 0. The van der Waals surface area contributed by atoms with Gasteiger partial charge in [-0.05, 0) is 47.9 Å². The minimum absolute atomic E-state index is 0.0354. The third-order valence-corrected chi connectivity index (χ3v) is 4.20. The molecule has 0 saturated heterocycles. The molecule has 0 spiro atoms. The van der Waals surface area contributed by atoms with Crippen molar-refractivity contribution >= 4 is 34.6 Å². The zero-order chi connectivity index (χ0) is 16.4. The zero-order valence-electron chi connectivity index (χ0n) is 12.8. The molecule has 0 fully saturated rings. The number of carbonyl (C=O) groups excluding carboxylic acids is 2. The van der Waals surface area contributed by atoms with Gasteiger partial charge in [0.1, 0.15) is 0 Å². The van der Waals surface area contributed by atoms with Crippen molar-refractivity contribution in [3.05, 3.63) is 64.2 Å². The molecule has 0 atom stereocenters. The van der Waals surface area contributed by atoms with E-state index in [-0.39, 0.29) is 11.6 Å². The summed E-state index contributed by atoms with van der Waals surface area (Å²) in [5, 5.41) is 0.612. The Hall–Kier alpha value is -2.26. The smallest absolute Gasteiger partial charge is 0.181 e. The van der Waals surface area contributed by atoms with E-state index in [1.165, 1.54) is 0 Å². The average molecular weight is 326 g/mol. The number of halogens is 1. The van der Waals surface area contributed by atoms with E-state index in [1.54, 1.807) is 24.3 Å². The maximum absolute atomic E-state index is 12.3. The van der Waals surface area contributed by atoms with Crippen LogP contribution in [0.3, 0.4) is 0 Å². The van der Waals surface area contributed by atoms with Crippen LogP contribution in [-0.2, 0) is 17.6 Å². The van der Waals surface area contributed by atoms with E-state index in [1.807, 2.05) is 25.1 Å². The topological polar surface area (TPSA) is 46.5 Å². The van der Waals surface area contributed by atoms with Crippen molar-refractivity contribution < 1.29 is 9.59 Å². The van der Waals surface area contributed by atoms with Crippen LogP contribution in [0.2, 0.25) is 5.02 Å². The average Bonchev–Trinajstić information content (AvgIpc) is 2.55. The van der Waals surface area contributed by atoms with Crippen molar-refractivity contribution in [3.63, 3.8) is 0 Å². The van der Waals surface area contributed by atoms with Gasteiger partial charge in [-0.25, -0.2) is 4.99 Å². The molecule has 4 heteroatoms. The van der Waals surface area contributed by atoms with Crippen LogP contribution in [0.4, 0.5) is 5.69 Å². The van der Waals surface area contributed by atoms with E-state index in [4.69, 9.17) is 11.6 Å². The SMILES string of the molecule is CCC1=Nc2cc(CC(=O)c3ccc(Cl)cc3)ccc2CC1=O. The van der Waals surface area contributed by atoms with Gasteiger partial charge in [0.05, 0.1) is 11.4 Å². The van der Waals surface area contributed by atoms with Gasteiger partial charge in [-0.2, -0.15) is 0 Å². The molecule has 0 N–H and O–H groups in total. The second-order valence-electron chi connectivity index (χ2n) is 5.58. The number of nitrogens with zero attached hydrogens (tertiary/aromatic N) is 1. The Labute approximate surface area is 140 Å². The first-order valence-corrected chi connectivity index (χ1v) is 7.96. The number of fused-ring (bicyclic) bond motifs is 1. The van der Waals surface area contributed by atoms with Gasteiger partial charge in [0, 0.05) is 23.4 Å². The molecule has 0 aromatic heterocycles. The summed E-state index contributed by atoms with van der Waals surface area (Å²) in [5.74, 6) is 0.123. The monoisotopic (exact) mass is 325 g/mol. The van der Waals surface area contributed by atoms with Crippen LogP contribution in [0.5, 0.6) is 0 Å². The Morgan fingerprint density at radius 3 is 2.61 bits per heavy atom. The highest BCUT2D eigenvalue weighted by Crippen LogP contribution is 2.27. The molecule has 0 amide bonds. The predicted molar refractivity (Wildman–Crippen MR) is 92.0 cm³/mol. The molecule has 1 heterocycles. The second kappa shape index (κ2) is 6.47. The van der Waals surface area contributed by atoms with E-state index in [0.717, 1.165) is 16.8 Å². The molecule has 2 aromatic carbocycles. The number of carbonyl (C=O) groups is 2. The number of hydrogen-bond donors (Lipinski definition) is 0. The predicted octanol–water partition coefficient (Wildman–Crippen LogP) is 4.37. The molecule has 3 nitrogen and oxygen atoms in total. The summed E-state index contributed by atoms with van der Waals surface area (Å²) in [6.07, 6.45) is 1.33. The number of ketones is 2. The van der Waals surface area contributed by atoms with Crippen LogP contribution in [0.25, 0.3) is 0 Å². The normalized spacial score (nSPS) is 13.5. The molecular weight excluding hydrogens is 310 g/mol. The molecular formula is C19H16ClNO2. The van der Waals surface area contributed by atoms with Crippen LogP contribution in [-0.4, -0.2) is 17.3 Å². The van der Waals surface area contributed by atoms with E-state index < -0.39 is 0 Å². The summed E-state index contributed by atoms with van der Waals surface area (Å²) in [6, 6.07) is 12.6. The number of hydrogen-bond acceptors (Lipinski definition) is 3. The summed E-state index contributed by atoms with van der Waals surface area (Å²) >= 11 is 5.84. The van der Waals surface area contributed by atoms with Crippen molar-refractivity contribution in [1.29, 1.82) is 0 Å². The Morgan fingerprint density at radius 2 is 1.91 bits per heavy atom. The fourth-order valence-electron chi connectivity index (χ4n) is 2.66. The van der Waals surface area contributed by atoms with Gasteiger partial charge in [-0.3, -0.25) is 9.59 Å². The van der Waals surface area contributed by atoms with Crippen molar-refractivity contribution in [3.8, 4) is 0 Å². The van der Waals surface area contributed by atoms with E-state index in [0.29, 0.717) is 35.6 Å². The van der Waals surface area contributed by atoms with Crippen molar-refractivity contribution in [2.24, 2.45) is 4.99 Å². The Kier molecular flexibility index (Phi) is 4.39. The van der Waals surface area contributed by atoms with E-state index in [2.05, 4.69) is 4.99 Å². The molecule has 23 heavy (non-hydrogen) atoms. The molecule has 1 aliphatic heterocycles. The Morgan fingerprint density at radius 1 is 1.17 bits per heavy atom. The van der Waals surface area contributed by atoms with Gasteiger partial charge in [-0.1, -0.05) is 30.7 Å². The van der Waals surface area contributed by atoms with Crippen molar-refractivity contribution in [2.75, 3.05) is 0 Å². The van der Waals surface area contributed by atoms with Gasteiger partial charge in [-0.15, -0.1) is 0 Å². The van der Waals surface area contributed by atoms with Gasteiger partial charge < -0.3 is 0 Å². The number of benzene rings is 2. The quantitative estimate of drug-likeness (QED) is 0.783. The summed E-state index contributed by atoms with van der Waals surface area (Å²) < 4.78 is 0. The first kappa shape index (κ1) is 15.6. The molecule has 0 unspecified atom stereocenters. The molecule has 0 aliphatic carbocycles. The summed E-state index contributed by atoms with van der Waals surface area (Å²) in [4.78, 5) is 28.6. The van der Waals surface area contributed by atoms with Crippen LogP contribution in [0.1, 0.15) is 34.8 Å². The van der Waals surface area contributed by atoms with Gasteiger partial charge >= 0.3 is 0 Å². The zero-order valence-corrected chi connectivity index (χ0v) is 13.6. The van der Waals surface area contributed by atoms with Crippen LogP contribution in [0, 0.1) is 0 Å². The highest BCUT2D eigenvalue weighted by molar-refractivity contribution is 6.41. The van der Waals surface area contributed by atoms with Crippen LogP contribution in [0.15, 0.2) is 47.5 Å². The molecule has 0 saturated carbocycles. The second-order valence-corrected chi connectivity index (χ2v) is 6.02. The molecule has 116 valence electrons. The van der Waals surface area contributed by atoms with E-state index in [9.17, 15) is 9.59 Å². The number of Topliss-reactive ketones (excluding diaryl/α,β-unsaturated/α-hetero) is 2. The lowest BCUT2D eigenvalue weighted by Crippen LogP contribution is -2.19. The maximum atomic E-state index is 12.3. The molecule has 2 aromatic rings. The van der Waals surface area contributed by atoms with Crippen LogP contribution < -0.4 is 0 Å². The van der Waals surface area contributed by atoms with E-state index >= 15 is 0 Å². The molecule has 0 bridgehead atoms. The van der Waals surface area contributed by atoms with Gasteiger partial charge in [0.25, 0.3) is 0 Å². The summed E-state index contributed by atoms with van der Waals surface area (Å²) in [6.45, 7) is 1.93. The van der Waals surface area contributed by atoms with Gasteiger partial charge in [0.2, 0.25) is 0 Å². The first-order chi connectivity index (χ1) is 11.1. The van der Waals surface area contributed by atoms with Crippen LogP contribution >= 0.6 is 11.6 Å². The lowest BCUT2D eigenvalue weighted by molar-refractivity contribution is -0.112. The number of rotatable bonds is 4. The summed E-state index contributed by atoms with van der Waals surface area (Å²) in [5.41, 5.74) is 3.88. The number of aliphatic imine (C=N–C) groups is 1. The van der Waals surface area contributed by atoms with Crippen molar-refractivity contribution in [2.45, 2.75) is 26.2 Å². The van der Waals surface area contributed by atoms with Crippen molar-refractivity contribution in [1.82, 2.24) is 0 Å². The lowest BCUT2D eigenvalue weighted by Gasteiger charge is -2.14.